The highest BCUT2D eigenvalue weighted by Gasteiger charge is 2.17. The van der Waals surface area contributed by atoms with Crippen molar-refractivity contribution in [3.8, 4) is 0 Å². The molecule has 0 bridgehead atoms. The Hall–Kier alpha value is -2.82. The topological polar surface area (TPSA) is 56.7 Å². The van der Waals surface area contributed by atoms with Gasteiger partial charge in [0.15, 0.2) is 5.96 Å². The monoisotopic (exact) mass is 406 g/mol. The summed E-state index contributed by atoms with van der Waals surface area (Å²) >= 11 is 0. The van der Waals surface area contributed by atoms with Crippen molar-refractivity contribution in [1.82, 2.24) is 15.5 Å². The van der Waals surface area contributed by atoms with E-state index in [2.05, 4.69) is 49.6 Å². The summed E-state index contributed by atoms with van der Waals surface area (Å²) in [5.41, 5.74) is 5.69. The van der Waals surface area contributed by atoms with Crippen LogP contribution >= 0.6 is 0 Å². The quantitative estimate of drug-likeness (QED) is 0.559. The second-order valence-electron chi connectivity index (χ2n) is 8.03. The fourth-order valence-corrected chi connectivity index (χ4v) is 3.77. The van der Waals surface area contributed by atoms with Crippen LogP contribution in [-0.4, -0.2) is 36.4 Å². The average Bonchev–Trinajstić information content (AvgIpc) is 2.77. The summed E-state index contributed by atoms with van der Waals surface area (Å²) in [6.07, 6.45) is 3.45. The van der Waals surface area contributed by atoms with E-state index < -0.39 is 0 Å². The van der Waals surface area contributed by atoms with Crippen LogP contribution in [0.2, 0.25) is 0 Å². The molecule has 0 saturated carbocycles. The fraction of sp³-hybridized carbons (Fsp3) is 0.440. The Morgan fingerprint density at radius 3 is 2.40 bits per heavy atom. The molecule has 5 nitrogen and oxygen atoms in total. The summed E-state index contributed by atoms with van der Waals surface area (Å²) in [4.78, 5) is 19.3. The maximum Gasteiger partial charge on any atom is 0.253 e. The molecular weight excluding hydrogens is 372 g/mol. The van der Waals surface area contributed by atoms with E-state index in [1.807, 2.05) is 29.2 Å². The Morgan fingerprint density at radius 2 is 1.73 bits per heavy atom. The zero-order valence-electron chi connectivity index (χ0n) is 18.5. The number of benzene rings is 2. The van der Waals surface area contributed by atoms with Crippen LogP contribution < -0.4 is 10.6 Å². The number of aliphatic imine (C=N–C) groups is 1. The lowest BCUT2D eigenvalue weighted by Gasteiger charge is -2.26. The SMILES string of the molecule is CCNC(=NCc1ccc(C(=O)N2CCCCC2)cc1)NCc1ccc(C)cc1C. The van der Waals surface area contributed by atoms with Gasteiger partial charge in [-0.1, -0.05) is 35.9 Å². The molecule has 1 heterocycles. The lowest BCUT2D eigenvalue weighted by molar-refractivity contribution is 0.0724. The molecule has 1 amide bonds. The number of carbonyl (C=O) groups excluding carboxylic acids is 1. The number of rotatable bonds is 6. The summed E-state index contributed by atoms with van der Waals surface area (Å²) < 4.78 is 0. The van der Waals surface area contributed by atoms with Gasteiger partial charge in [-0.25, -0.2) is 4.99 Å². The number of amides is 1. The van der Waals surface area contributed by atoms with E-state index in [9.17, 15) is 4.79 Å². The first-order chi connectivity index (χ1) is 14.6. The lowest BCUT2D eigenvalue weighted by Crippen LogP contribution is -2.37. The fourth-order valence-electron chi connectivity index (χ4n) is 3.77. The first-order valence-electron chi connectivity index (χ1n) is 11.0. The Bertz CT molecular complexity index is 867. The maximum absolute atomic E-state index is 12.6. The van der Waals surface area contributed by atoms with Crippen molar-refractivity contribution in [3.63, 3.8) is 0 Å². The number of hydrogen-bond acceptors (Lipinski definition) is 2. The maximum atomic E-state index is 12.6. The molecule has 5 heteroatoms. The van der Waals surface area contributed by atoms with Crippen LogP contribution in [0.4, 0.5) is 0 Å². The highest BCUT2D eigenvalue weighted by atomic mass is 16.2. The van der Waals surface area contributed by atoms with E-state index in [0.29, 0.717) is 6.54 Å². The van der Waals surface area contributed by atoms with Crippen LogP contribution in [0.5, 0.6) is 0 Å². The van der Waals surface area contributed by atoms with Crippen molar-refractivity contribution in [2.75, 3.05) is 19.6 Å². The molecule has 1 fully saturated rings. The Morgan fingerprint density at radius 1 is 1.00 bits per heavy atom. The van der Waals surface area contributed by atoms with Gasteiger partial charge >= 0.3 is 0 Å². The average molecular weight is 407 g/mol. The number of carbonyl (C=O) groups is 1. The van der Waals surface area contributed by atoms with Gasteiger partial charge in [0.1, 0.15) is 0 Å². The largest absolute Gasteiger partial charge is 0.357 e. The zero-order valence-corrected chi connectivity index (χ0v) is 18.5. The highest BCUT2D eigenvalue weighted by molar-refractivity contribution is 5.94. The molecule has 0 atom stereocenters. The summed E-state index contributed by atoms with van der Waals surface area (Å²) in [7, 11) is 0. The van der Waals surface area contributed by atoms with Crippen LogP contribution in [0, 0.1) is 13.8 Å². The van der Waals surface area contributed by atoms with E-state index in [0.717, 1.165) is 56.1 Å². The standard InChI is InChI=1S/C25H34N4O/c1-4-26-25(28-18-23-11-8-19(2)16-20(23)3)27-17-21-9-12-22(13-10-21)24(30)29-14-6-5-7-15-29/h8-13,16H,4-7,14-15,17-18H2,1-3H3,(H2,26,27,28). The van der Waals surface area contributed by atoms with E-state index in [-0.39, 0.29) is 5.91 Å². The molecule has 0 unspecified atom stereocenters. The minimum atomic E-state index is 0.147. The second-order valence-corrected chi connectivity index (χ2v) is 8.03. The molecule has 160 valence electrons. The number of guanidine groups is 1. The first-order valence-corrected chi connectivity index (χ1v) is 11.0. The number of hydrogen-bond donors (Lipinski definition) is 2. The van der Waals surface area contributed by atoms with Crippen molar-refractivity contribution in [3.05, 3.63) is 70.3 Å². The van der Waals surface area contributed by atoms with E-state index in [4.69, 9.17) is 4.99 Å². The predicted molar refractivity (Wildman–Crippen MR) is 124 cm³/mol. The third kappa shape index (κ3) is 6.09. The van der Waals surface area contributed by atoms with Gasteiger partial charge in [-0.05, 0) is 68.9 Å². The number of likely N-dealkylation sites (tertiary alicyclic amines) is 1. The van der Waals surface area contributed by atoms with E-state index >= 15 is 0 Å². The first kappa shape index (κ1) is 21.9. The highest BCUT2D eigenvalue weighted by Crippen LogP contribution is 2.14. The molecule has 0 spiro atoms. The molecule has 3 rings (SSSR count). The van der Waals surface area contributed by atoms with Crippen LogP contribution in [0.1, 0.15) is 58.8 Å². The molecular formula is C25H34N4O. The van der Waals surface area contributed by atoms with Gasteiger partial charge in [-0.3, -0.25) is 4.79 Å². The van der Waals surface area contributed by atoms with Gasteiger partial charge in [-0.2, -0.15) is 0 Å². The molecule has 1 aliphatic heterocycles. The summed E-state index contributed by atoms with van der Waals surface area (Å²) in [6.45, 7) is 10.2. The number of nitrogens with zero attached hydrogens (tertiary/aromatic N) is 2. The molecule has 30 heavy (non-hydrogen) atoms. The molecule has 0 aliphatic carbocycles. The predicted octanol–water partition coefficient (Wildman–Crippen LogP) is 4.18. The van der Waals surface area contributed by atoms with Crippen LogP contribution in [0.15, 0.2) is 47.5 Å². The number of piperidine rings is 1. The van der Waals surface area contributed by atoms with Crippen molar-refractivity contribution in [1.29, 1.82) is 0 Å². The minimum absolute atomic E-state index is 0.147. The molecule has 0 aromatic heterocycles. The van der Waals surface area contributed by atoms with Crippen molar-refractivity contribution < 1.29 is 4.79 Å². The van der Waals surface area contributed by atoms with Gasteiger partial charge in [0.05, 0.1) is 6.54 Å². The van der Waals surface area contributed by atoms with Crippen LogP contribution in [-0.2, 0) is 13.1 Å². The van der Waals surface area contributed by atoms with Gasteiger partial charge in [0, 0.05) is 31.7 Å². The zero-order chi connectivity index (χ0) is 21.3. The van der Waals surface area contributed by atoms with Crippen LogP contribution in [0.25, 0.3) is 0 Å². The van der Waals surface area contributed by atoms with Gasteiger partial charge in [0.2, 0.25) is 0 Å². The van der Waals surface area contributed by atoms with Crippen LogP contribution in [0.3, 0.4) is 0 Å². The third-order valence-corrected chi connectivity index (χ3v) is 5.55. The Labute approximate surface area is 180 Å². The van der Waals surface area contributed by atoms with Gasteiger partial charge in [0.25, 0.3) is 5.91 Å². The Kier molecular flexibility index (Phi) is 7.89. The molecule has 2 aromatic rings. The summed E-state index contributed by atoms with van der Waals surface area (Å²) in [5, 5.41) is 6.72. The molecule has 1 saturated heterocycles. The van der Waals surface area contributed by atoms with Gasteiger partial charge < -0.3 is 15.5 Å². The normalized spacial score (nSPS) is 14.5. The Balaban J connectivity index is 1.59. The smallest absolute Gasteiger partial charge is 0.253 e. The van der Waals surface area contributed by atoms with Gasteiger partial charge in [-0.15, -0.1) is 0 Å². The second kappa shape index (κ2) is 10.8. The summed E-state index contributed by atoms with van der Waals surface area (Å²) in [6, 6.07) is 14.4. The molecule has 0 radical (unpaired) electrons. The molecule has 1 aliphatic rings. The van der Waals surface area contributed by atoms with E-state index in [1.54, 1.807) is 0 Å². The molecule has 2 N–H and O–H groups in total. The van der Waals surface area contributed by atoms with Crippen molar-refractivity contribution in [2.45, 2.75) is 53.1 Å². The van der Waals surface area contributed by atoms with Crippen molar-refractivity contribution >= 4 is 11.9 Å². The van der Waals surface area contributed by atoms with Crippen molar-refractivity contribution in [2.24, 2.45) is 4.99 Å². The molecule has 2 aromatic carbocycles. The van der Waals surface area contributed by atoms with E-state index in [1.165, 1.54) is 23.1 Å². The third-order valence-electron chi connectivity index (χ3n) is 5.55. The lowest BCUT2D eigenvalue weighted by atomic mass is 10.1. The number of nitrogens with one attached hydrogen (secondary N) is 2. The number of aryl methyl sites for hydroxylation is 2. The minimum Gasteiger partial charge on any atom is -0.357 e. The summed E-state index contributed by atoms with van der Waals surface area (Å²) in [5.74, 6) is 0.944.